The third-order valence-electron chi connectivity index (χ3n) is 6.38. The molecule has 176 valence electrons. The van der Waals surface area contributed by atoms with Crippen LogP contribution in [-0.2, 0) is 9.59 Å². The van der Waals surface area contributed by atoms with Gasteiger partial charge in [0.05, 0.1) is 16.1 Å². The van der Waals surface area contributed by atoms with Crippen molar-refractivity contribution < 1.29 is 14.7 Å². The highest BCUT2D eigenvalue weighted by Gasteiger charge is 2.25. The fraction of sp³-hybridized carbons (Fsp3) is 0.583. The third-order valence-corrected chi connectivity index (χ3v) is 7.12. The van der Waals surface area contributed by atoms with Crippen LogP contribution < -0.4 is 0 Å². The van der Waals surface area contributed by atoms with Crippen LogP contribution in [0.2, 0.25) is 10.0 Å². The molecule has 2 unspecified atom stereocenters. The molecule has 1 N–H and O–H groups in total. The number of nitrogens with zero attached hydrogens (tertiary/aromatic N) is 3. The number of likely N-dealkylation sites (tertiary alicyclic amines) is 1. The average molecular weight is 482 g/mol. The first-order valence-electron chi connectivity index (χ1n) is 11.5. The second-order valence-corrected chi connectivity index (χ2v) is 9.56. The molecule has 3 rings (SSSR count). The van der Waals surface area contributed by atoms with Gasteiger partial charge in [-0.25, -0.2) is 0 Å². The highest BCUT2D eigenvalue weighted by atomic mass is 35.5. The number of piperidine rings is 1. The van der Waals surface area contributed by atoms with Gasteiger partial charge in [-0.05, 0) is 56.5 Å². The molecule has 2 saturated heterocycles. The fourth-order valence-electron chi connectivity index (χ4n) is 4.31. The molecule has 1 aromatic rings. The van der Waals surface area contributed by atoms with Crippen LogP contribution in [0.1, 0.15) is 44.6 Å². The first-order chi connectivity index (χ1) is 15.3. The SMILES string of the molecule is CC1CCCCN1CC(O)CCN1CCN(C(=O)/C=C/c2ccc(Cl)c(Cl)c2)CCC1=O. The number of halogens is 2. The van der Waals surface area contributed by atoms with E-state index >= 15 is 0 Å². The monoisotopic (exact) mass is 481 g/mol. The van der Waals surface area contributed by atoms with Crippen LogP contribution in [0.4, 0.5) is 0 Å². The number of benzene rings is 1. The summed E-state index contributed by atoms with van der Waals surface area (Å²) in [6, 6.07) is 5.70. The molecule has 32 heavy (non-hydrogen) atoms. The predicted octanol–water partition coefficient (Wildman–Crippen LogP) is 3.69. The van der Waals surface area contributed by atoms with Crippen LogP contribution in [0.5, 0.6) is 0 Å². The van der Waals surface area contributed by atoms with Crippen molar-refractivity contribution in [3.8, 4) is 0 Å². The molecule has 8 heteroatoms. The Hall–Kier alpha value is -1.60. The van der Waals surface area contributed by atoms with Gasteiger partial charge in [-0.1, -0.05) is 35.7 Å². The van der Waals surface area contributed by atoms with Crippen LogP contribution >= 0.6 is 23.2 Å². The van der Waals surface area contributed by atoms with Crippen molar-refractivity contribution in [3.05, 3.63) is 39.9 Å². The van der Waals surface area contributed by atoms with E-state index in [-0.39, 0.29) is 11.8 Å². The van der Waals surface area contributed by atoms with Crippen molar-refractivity contribution in [2.45, 2.75) is 51.2 Å². The number of aliphatic hydroxyl groups is 1. The summed E-state index contributed by atoms with van der Waals surface area (Å²) in [7, 11) is 0. The van der Waals surface area contributed by atoms with Gasteiger partial charge in [0.25, 0.3) is 0 Å². The summed E-state index contributed by atoms with van der Waals surface area (Å²) >= 11 is 11.9. The summed E-state index contributed by atoms with van der Waals surface area (Å²) in [5.41, 5.74) is 0.789. The zero-order valence-corrected chi connectivity index (χ0v) is 20.2. The van der Waals surface area contributed by atoms with Crippen LogP contribution in [0.15, 0.2) is 24.3 Å². The number of hydrogen-bond donors (Lipinski definition) is 1. The van der Waals surface area contributed by atoms with E-state index < -0.39 is 6.10 Å². The predicted molar refractivity (Wildman–Crippen MR) is 129 cm³/mol. The summed E-state index contributed by atoms with van der Waals surface area (Å²) in [5.74, 6) is -0.0999. The summed E-state index contributed by atoms with van der Waals surface area (Å²) in [6.07, 6.45) is 7.24. The average Bonchev–Trinajstić information content (AvgIpc) is 2.96. The molecule has 2 fully saturated rings. The lowest BCUT2D eigenvalue weighted by molar-refractivity contribution is -0.130. The van der Waals surface area contributed by atoms with Crippen molar-refractivity contribution in [1.29, 1.82) is 0 Å². The Kier molecular flexibility index (Phi) is 9.41. The largest absolute Gasteiger partial charge is 0.392 e. The lowest BCUT2D eigenvalue weighted by Gasteiger charge is -2.35. The van der Waals surface area contributed by atoms with E-state index in [1.165, 1.54) is 25.3 Å². The Labute approximate surface area is 200 Å². The van der Waals surface area contributed by atoms with Gasteiger partial charge in [-0.2, -0.15) is 0 Å². The van der Waals surface area contributed by atoms with E-state index in [2.05, 4.69) is 11.8 Å². The molecule has 0 spiro atoms. The van der Waals surface area contributed by atoms with Crippen molar-refractivity contribution in [2.24, 2.45) is 0 Å². The Morgan fingerprint density at radius 1 is 1.19 bits per heavy atom. The van der Waals surface area contributed by atoms with E-state index in [1.54, 1.807) is 34.1 Å². The maximum Gasteiger partial charge on any atom is 0.246 e. The smallest absolute Gasteiger partial charge is 0.246 e. The Bertz CT molecular complexity index is 833. The first-order valence-corrected chi connectivity index (χ1v) is 12.2. The molecule has 6 nitrogen and oxygen atoms in total. The van der Waals surface area contributed by atoms with E-state index in [0.717, 1.165) is 12.1 Å². The Morgan fingerprint density at radius 2 is 2.00 bits per heavy atom. The van der Waals surface area contributed by atoms with Crippen molar-refractivity contribution in [2.75, 3.05) is 39.3 Å². The van der Waals surface area contributed by atoms with Gasteiger partial charge < -0.3 is 14.9 Å². The Morgan fingerprint density at radius 3 is 2.75 bits per heavy atom. The maximum atomic E-state index is 12.6. The Balaban J connectivity index is 1.47. The summed E-state index contributed by atoms with van der Waals surface area (Å²) in [5, 5.41) is 11.4. The number of amides is 2. The van der Waals surface area contributed by atoms with Crippen LogP contribution in [0.3, 0.4) is 0 Å². The number of carbonyl (C=O) groups excluding carboxylic acids is 2. The quantitative estimate of drug-likeness (QED) is 0.603. The minimum Gasteiger partial charge on any atom is -0.392 e. The van der Waals surface area contributed by atoms with Crippen LogP contribution in [0, 0.1) is 0 Å². The highest BCUT2D eigenvalue weighted by Crippen LogP contribution is 2.23. The zero-order chi connectivity index (χ0) is 23.1. The van der Waals surface area contributed by atoms with Gasteiger partial charge in [-0.15, -0.1) is 0 Å². The molecule has 2 heterocycles. The zero-order valence-electron chi connectivity index (χ0n) is 18.7. The lowest BCUT2D eigenvalue weighted by atomic mass is 10.0. The molecule has 0 aromatic heterocycles. The van der Waals surface area contributed by atoms with Crippen LogP contribution in [0.25, 0.3) is 6.08 Å². The fourth-order valence-corrected chi connectivity index (χ4v) is 4.61. The topological polar surface area (TPSA) is 64.1 Å². The number of hydrogen-bond acceptors (Lipinski definition) is 4. The molecular weight excluding hydrogens is 449 g/mol. The van der Waals surface area contributed by atoms with Crippen molar-refractivity contribution in [3.63, 3.8) is 0 Å². The minimum absolute atomic E-state index is 0.0345. The van der Waals surface area contributed by atoms with Gasteiger partial charge in [0.15, 0.2) is 0 Å². The highest BCUT2D eigenvalue weighted by molar-refractivity contribution is 6.42. The normalized spacial score (nSPS) is 21.8. The maximum absolute atomic E-state index is 12.6. The molecule has 0 aliphatic carbocycles. The second kappa shape index (κ2) is 12.0. The number of β-amino-alcohol motifs (C(OH)–C–C–N with tert-alkyl or cyclic N) is 1. The van der Waals surface area contributed by atoms with Crippen molar-refractivity contribution in [1.82, 2.24) is 14.7 Å². The minimum atomic E-state index is -0.446. The third kappa shape index (κ3) is 7.20. The van der Waals surface area contributed by atoms with Crippen molar-refractivity contribution >= 4 is 41.1 Å². The van der Waals surface area contributed by atoms with E-state index in [4.69, 9.17) is 23.2 Å². The molecule has 2 aliphatic rings. The number of rotatable bonds is 7. The molecule has 0 radical (unpaired) electrons. The summed E-state index contributed by atoms with van der Waals surface area (Å²) in [4.78, 5) is 31.0. The molecule has 2 aliphatic heterocycles. The molecule has 1 aromatic carbocycles. The molecule has 0 saturated carbocycles. The number of carbonyl (C=O) groups is 2. The van der Waals surface area contributed by atoms with Gasteiger partial charge in [0, 0.05) is 51.3 Å². The molecule has 2 amide bonds. The van der Waals surface area contributed by atoms with E-state index in [0.29, 0.717) is 61.7 Å². The first kappa shape index (κ1) is 25.0. The summed E-state index contributed by atoms with van der Waals surface area (Å²) in [6.45, 7) is 5.79. The van der Waals surface area contributed by atoms with Gasteiger partial charge in [0.1, 0.15) is 0 Å². The molecular formula is C24H33Cl2N3O3. The van der Waals surface area contributed by atoms with E-state index in [1.807, 2.05) is 0 Å². The second-order valence-electron chi connectivity index (χ2n) is 8.75. The van der Waals surface area contributed by atoms with Crippen LogP contribution in [-0.4, -0.2) is 83.0 Å². The lowest BCUT2D eigenvalue weighted by Crippen LogP contribution is -2.43. The summed E-state index contributed by atoms with van der Waals surface area (Å²) < 4.78 is 0. The molecule has 0 bridgehead atoms. The number of aliphatic hydroxyl groups excluding tert-OH is 1. The standard InChI is InChI=1S/C24H33Cl2N3O3/c1-18-4-2-3-11-29(18)17-20(30)9-12-27-14-15-28(13-10-24(27)32)23(31)8-6-19-5-7-21(25)22(26)16-19/h5-8,16,18,20,30H,2-4,9-15,17H2,1H3/b8-6+. The van der Waals surface area contributed by atoms with Gasteiger partial charge >= 0.3 is 0 Å². The van der Waals surface area contributed by atoms with Gasteiger partial charge in [0.2, 0.25) is 11.8 Å². The van der Waals surface area contributed by atoms with Gasteiger partial charge in [-0.3, -0.25) is 14.5 Å². The molecule has 2 atom stereocenters. The van der Waals surface area contributed by atoms with E-state index in [9.17, 15) is 14.7 Å².